The highest BCUT2D eigenvalue weighted by Crippen LogP contribution is 2.27. The van der Waals surface area contributed by atoms with E-state index < -0.39 is 0 Å². The van der Waals surface area contributed by atoms with Crippen molar-refractivity contribution in [2.24, 2.45) is 11.7 Å². The van der Waals surface area contributed by atoms with Crippen LogP contribution in [0.1, 0.15) is 25.5 Å². The number of benzene rings is 1. The molecule has 3 heteroatoms. The first-order chi connectivity index (χ1) is 6.56. The molecule has 14 heavy (non-hydrogen) atoms. The van der Waals surface area contributed by atoms with Crippen LogP contribution in [-0.4, -0.2) is 7.11 Å². The number of hydrogen-bond donors (Lipinski definition) is 2. The largest absolute Gasteiger partial charge is 0.495 e. The summed E-state index contributed by atoms with van der Waals surface area (Å²) < 4.78 is 5.13. The monoisotopic (exact) mass is 194 g/mol. The summed E-state index contributed by atoms with van der Waals surface area (Å²) in [5.74, 6) is 1.10. The van der Waals surface area contributed by atoms with Crippen LogP contribution in [0, 0.1) is 5.92 Å². The number of hydrogen-bond acceptors (Lipinski definition) is 3. The van der Waals surface area contributed by atoms with Crippen LogP contribution in [-0.2, 0) is 0 Å². The second-order valence-corrected chi connectivity index (χ2v) is 3.77. The molecule has 0 fully saturated rings. The minimum atomic E-state index is 0.0319. The lowest BCUT2D eigenvalue weighted by molar-refractivity contribution is 0.414. The van der Waals surface area contributed by atoms with Crippen molar-refractivity contribution >= 4 is 5.69 Å². The van der Waals surface area contributed by atoms with Crippen molar-refractivity contribution in [2.75, 3.05) is 12.8 Å². The third-order valence-electron chi connectivity index (χ3n) is 2.36. The van der Waals surface area contributed by atoms with Gasteiger partial charge in [0.2, 0.25) is 0 Å². The molecule has 0 saturated heterocycles. The Morgan fingerprint density at radius 2 is 1.93 bits per heavy atom. The van der Waals surface area contributed by atoms with Gasteiger partial charge < -0.3 is 16.2 Å². The molecule has 3 nitrogen and oxygen atoms in total. The quantitative estimate of drug-likeness (QED) is 0.723. The Morgan fingerprint density at radius 3 is 2.43 bits per heavy atom. The molecule has 1 aromatic rings. The first-order valence-corrected chi connectivity index (χ1v) is 4.75. The number of rotatable bonds is 3. The van der Waals surface area contributed by atoms with Crippen LogP contribution in [0.25, 0.3) is 0 Å². The Kier molecular flexibility index (Phi) is 3.36. The fraction of sp³-hybridized carbons (Fsp3) is 0.455. The molecule has 0 aliphatic heterocycles. The van der Waals surface area contributed by atoms with Gasteiger partial charge in [0.15, 0.2) is 0 Å². The highest BCUT2D eigenvalue weighted by Gasteiger charge is 2.11. The topological polar surface area (TPSA) is 61.3 Å². The Morgan fingerprint density at radius 1 is 1.29 bits per heavy atom. The molecule has 0 radical (unpaired) electrons. The van der Waals surface area contributed by atoms with Crippen LogP contribution in [0.3, 0.4) is 0 Å². The van der Waals surface area contributed by atoms with E-state index in [4.69, 9.17) is 16.2 Å². The third kappa shape index (κ3) is 2.17. The molecule has 0 spiro atoms. The van der Waals surface area contributed by atoms with Gasteiger partial charge in [-0.2, -0.15) is 0 Å². The van der Waals surface area contributed by atoms with Crippen molar-refractivity contribution in [3.05, 3.63) is 23.8 Å². The highest BCUT2D eigenvalue weighted by atomic mass is 16.5. The number of nitrogens with two attached hydrogens (primary N) is 2. The molecule has 78 valence electrons. The molecular weight excluding hydrogens is 176 g/mol. The van der Waals surface area contributed by atoms with E-state index in [1.165, 1.54) is 0 Å². The van der Waals surface area contributed by atoms with Crippen molar-refractivity contribution < 1.29 is 4.74 Å². The third-order valence-corrected chi connectivity index (χ3v) is 2.36. The van der Waals surface area contributed by atoms with Crippen LogP contribution >= 0.6 is 0 Å². The maximum atomic E-state index is 6.02. The van der Waals surface area contributed by atoms with E-state index in [1.807, 2.05) is 18.2 Å². The summed E-state index contributed by atoms with van der Waals surface area (Å²) in [5.41, 5.74) is 13.4. The van der Waals surface area contributed by atoms with Gasteiger partial charge in [-0.3, -0.25) is 0 Å². The van der Waals surface area contributed by atoms with Crippen LogP contribution in [0.15, 0.2) is 18.2 Å². The lowest BCUT2D eigenvalue weighted by Gasteiger charge is -2.17. The molecule has 0 saturated carbocycles. The molecule has 0 aliphatic carbocycles. The molecule has 4 N–H and O–H groups in total. The fourth-order valence-corrected chi connectivity index (χ4v) is 1.32. The standard InChI is InChI=1S/C11H18N2O/c1-7(2)11(13)8-4-5-9(12)10(6-8)14-3/h4-7,11H,12-13H2,1-3H3/t11-/m0/s1. The van der Waals surface area contributed by atoms with Gasteiger partial charge in [0, 0.05) is 6.04 Å². The second kappa shape index (κ2) is 4.33. The van der Waals surface area contributed by atoms with E-state index in [2.05, 4.69) is 13.8 Å². The number of nitrogen functional groups attached to an aromatic ring is 1. The summed E-state index contributed by atoms with van der Waals surface area (Å²) in [4.78, 5) is 0. The normalized spacial score (nSPS) is 12.9. The van der Waals surface area contributed by atoms with E-state index in [-0.39, 0.29) is 6.04 Å². The van der Waals surface area contributed by atoms with Crippen LogP contribution < -0.4 is 16.2 Å². The zero-order valence-corrected chi connectivity index (χ0v) is 8.95. The second-order valence-electron chi connectivity index (χ2n) is 3.77. The van der Waals surface area contributed by atoms with Crippen LogP contribution in [0.5, 0.6) is 5.75 Å². The SMILES string of the molecule is COc1cc([C@@H](N)C(C)C)ccc1N. The van der Waals surface area contributed by atoms with Gasteiger partial charge in [-0.1, -0.05) is 19.9 Å². The molecule has 0 bridgehead atoms. The summed E-state index contributed by atoms with van der Waals surface area (Å²) in [6, 6.07) is 5.71. The first kappa shape index (κ1) is 10.9. The molecule has 1 rings (SSSR count). The minimum absolute atomic E-state index is 0.0319. The highest BCUT2D eigenvalue weighted by molar-refractivity contribution is 5.54. The molecule has 0 heterocycles. The van der Waals surface area contributed by atoms with E-state index in [0.717, 1.165) is 5.56 Å². The first-order valence-electron chi connectivity index (χ1n) is 4.75. The van der Waals surface area contributed by atoms with E-state index in [1.54, 1.807) is 7.11 Å². The van der Waals surface area contributed by atoms with Gasteiger partial charge in [0.25, 0.3) is 0 Å². The Labute approximate surface area is 85.0 Å². The minimum Gasteiger partial charge on any atom is -0.495 e. The summed E-state index contributed by atoms with van der Waals surface area (Å²) in [6.45, 7) is 4.18. The number of methoxy groups -OCH3 is 1. The molecule has 1 atom stereocenters. The number of ether oxygens (including phenoxy) is 1. The number of anilines is 1. The summed E-state index contributed by atoms with van der Waals surface area (Å²) in [5, 5.41) is 0. The molecular formula is C11H18N2O. The van der Waals surface area contributed by atoms with E-state index in [9.17, 15) is 0 Å². The summed E-state index contributed by atoms with van der Waals surface area (Å²) in [7, 11) is 1.61. The van der Waals surface area contributed by atoms with Crippen molar-refractivity contribution in [2.45, 2.75) is 19.9 Å². The fourth-order valence-electron chi connectivity index (χ4n) is 1.32. The van der Waals surface area contributed by atoms with Gasteiger partial charge in [-0.05, 0) is 23.6 Å². The van der Waals surface area contributed by atoms with Gasteiger partial charge in [0.1, 0.15) is 5.75 Å². The van der Waals surface area contributed by atoms with Gasteiger partial charge >= 0.3 is 0 Å². The smallest absolute Gasteiger partial charge is 0.142 e. The van der Waals surface area contributed by atoms with Crippen LogP contribution in [0.2, 0.25) is 0 Å². The lowest BCUT2D eigenvalue weighted by Crippen LogP contribution is -2.16. The molecule has 0 aliphatic rings. The summed E-state index contributed by atoms with van der Waals surface area (Å²) in [6.07, 6.45) is 0. The molecule has 0 unspecified atom stereocenters. The maximum Gasteiger partial charge on any atom is 0.142 e. The van der Waals surface area contributed by atoms with E-state index >= 15 is 0 Å². The zero-order valence-electron chi connectivity index (χ0n) is 8.95. The molecule has 0 amide bonds. The average molecular weight is 194 g/mol. The predicted octanol–water partition coefficient (Wildman–Crippen LogP) is 1.93. The zero-order chi connectivity index (χ0) is 10.7. The Hall–Kier alpha value is -1.22. The summed E-state index contributed by atoms with van der Waals surface area (Å²) >= 11 is 0. The van der Waals surface area contributed by atoms with Crippen molar-refractivity contribution in [3.63, 3.8) is 0 Å². The Bertz CT molecular complexity index is 310. The molecule has 0 aromatic heterocycles. The Balaban J connectivity index is 3.00. The van der Waals surface area contributed by atoms with E-state index in [0.29, 0.717) is 17.4 Å². The van der Waals surface area contributed by atoms with Crippen molar-refractivity contribution in [1.82, 2.24) is 0 Å². The predicted molar refractivity (Wildman–Crippen MR) is 59.2 cm³/mol. The van der Waals surface area contributed by atoms with Crippen molar-refractivity contribution in [1.29, 1.82) is 0 Å². The molecule has 1 aromatic carbocycles. The van der Waals surface area contributed by atoms with Crippen molar-refractivity contribution in [3.8, 4) is 5.75 Å². The van der Waals surface area contributed by atoms with Crippen LogP contribution in [0.4, 0.5) is 5.69 Å². The van der Waals surface area contributed by atoms with Gasteiger partial charge in [-0.15, -0.1) is 0 Å². The van der Waals surface area contributed by atoms with Gasteiger partial charge in [0.05, 0.1) is 12.8 Å². The average Bonchev–Trinajstić information content (AvgIpc) is 2.17. The van der Waals surface area contributed by atoms with Gasteiger partial charge in [-0.25, -0.2) is 0 Å². The lowest BCUT2D eigenvalue weighted by atomic mass is 9.97. The maximum absolute atomic E-state index is 6.02.